The van der Waals surface area contributed by atoms with Crippen molar-refractivity contribution in [2.75, 3.05) is 33.0 Å². The van der Waals surface area contributed by atoms with Gasteiger partial charge in [-0.15, -0.1) is 0 Å². The van der Waals surface area contributed by atoms with Crippen LogP contribution < -0.4 is 11.1 Å². The van der Waals surface area contributed by atoms with Gasteiger partial charge in [0.05, 0.1) is 5.54 Å². The largest absolute Gasteiger partial charge is 0.381 e. The molecule has 0 unspecified atom stereocenters. The Labute approximate surface area is 147 Å². The number of rotatable bonds is 4. The molecule has 0 saturated carbocycles. The van der Waals surface area contributed by atoms with Crippen molar-refractivity contribution in [1.82, 2.24) is 5.32 Å². The molecule has 132 valence electrons. The lowest BCUT2D eigenvalue weighted by Crippen LogP contribution is -2.59. The van der Waals surface area contributed by atoms with Gasteiger partial charge in [0.25, 0.3) is 0 Å². The first-order valence-electron chi connectivity index (χ1n) is 8.53. The number of hydrogen-bond donors (Lipinski definition) is 2. The average molecular weight is 353 g/mol. The van der Waals surface area contributed by atoms with E-state index in [0.717, 1.165) is 12.8 Å². The zero-order valence-electron chi connectivity index (χ0n) is 13.9. The molecule has 2 aliphatic rings. The number of nitrogens with one attached hydrogen (secondary N) is 1. The molecule has 1 amide bonds. The van der Waals surface area contributed by atoms with Gasteiger partial charge in [0.2, 0.25) is 5.91 Å². The lowest BCUT2D eigenvalue weighted by Gasteiger charge is -2.39. The Hall–Kier alpha value is -1.14. The van der Waals surface area contributed by atoms with Crippen molar-refractivity contribution in [2.45, 2.75) is 36.6 Å². The summed E-state index contributed by atoms with van der Waals surface area (Å²) in [7, 11) is 0. The molecule has 0 radical (unpaired) electrons. The first-order chi connectivity index (χ1) is 11.5. The van der Waals surface area contributed by atoms with E-state index in [1.54, 1.807) is 0 Å². The van der Waals surface area contributed by atoms with Crippen LogP contribution >= 0.6 is 11.6 Å². The van der Waals surface area contributed by atoms with E-state index in [4.69, 9.17) is 26.8 Å². The fraction of sp³-hybridized carbons (Fsp3) is 0.611. The van der Waals surface area contributed by atoms with Crippen LogP contribution in [-0.4, -0.2) is 44.4 Å². The fourth-order valence-corrected chi connectivity index (χ4v) is 3.65. The standard InChI is InChI=1S/C18H25ClN2O3/c19-15-3-1-14(2-4-15)17(5-9-23-10-6-17)13-21-16(22)18(20)7-11-24-12-8-18/h1-4H,5-13,20H2,(H,21,22). The molecule has 2 fully saturated rings. The Morgan fingerprint density at radius 3 is 2.17 bits per heavy atom. The van der Waals surface area contributed by atoms with Gasteiger partial charge in [-0.05, 0) is 43.4 Å². The van der Waals surface area contributed by atoms with Gasteiger partial charge in [-0.25, -0.2) is 0 Å². The normalized spacial score (nSPS) is 22.8. The minimum Gasteiger partial charge on any atom is -0.381 e. The molecule has 2 aliphatic heterocycles. The molecule has 1 aromatic carbocycles. The average Bonchev–Trinajstić information content (AvgIpc) is 2.61. The van der Waals surface area contributed by atoms with Crippen molar-refractivity contribution >= 4 is 17.5 Å². The van der Waals surface area contributed by atoms with E-state index in [1.165, 1.54) is 5.56 Å². The van der Waals surface area contributed by atoms with E-state index in [-0.39, 0.29) is 11.3 Å². The zero-order valence-corrected chi connectivity index (χ0v) is 14.6. The maximum Gasteiger partial charge on any atom is 0.240 e. The summed E-state index contributed by atoms with van der Waals surface area (Å²) < 4.78 is 10.9. The smallest absolute Gasteiger partial charge is 0.240 e. The summed E-state index contributed by atoms with van der Waals surface area (Å²) in [6.07, 6.45) is 2.87. The second kappa shape index (κ2) is 7.40. The number of carbonyl (C=O) groups is 1. The van der Waals surface area contributed by atoms with Crippen LogP contribution in [0.1, 0.15) is 31.2 Å². The molecule has 24 heavy (non-hydrogen) atoms. The third-order valence-corrected chi connectivity index (χ3v) is 5.58. The first kappa shape index (κ1) is 17.7. The molecule has 3 N–H and O–H groups in total. The van der Waals surface area contributed by atoms with Gasteiger partial charge in [0.1, 0.15) is 0 Å². The molecule has 5 nitrogen and oxygen atoms in total. The molecule has 0 bridgehead atoms. The van der Waals surface area contributed by atoms with Crippen LogP contribution in [0.25, 0.3) is 0 Å². The number of ether oxygens (including phenoxy) is 2. The second-order valence-corrected chi connectivity index (χ2v) is 7.29. The van der Waals surface area contributed by atoms with Gasteiger partial charge < -0.3 is 20.5 Å². The molecular weight excluding hydrogens is 328 g/mol. The highest BCUT2D eigenvalue weighted by Gasteiger charge is 2.39. The highest BCUT2D eigenvalue weighted by Crippen LogP contribution is 2.35. The van der Waals surface area contributed by atoms with Crippen LogP contribution in [0.3, 0.4) is 0 Å². The van der Waals surface area contributed by atoms with Crippen molar-refractivity contribution in [3.8, 4) is 0 Å². The predicted molar refractivity (Wildman–Crippen MR) is 93.2 cm³/mol. The molecule has 1 aromatic rings. The summed E-state index contributed by atoms with van der Waals surface area (Å²) in [4.78, 5) is 12.6. The summed E-state index contributed by atoms with van der Waals surface area (Å²) >= 11 is 6.02. The highest BCUT2D eigenvalue weighted by molar-refractivity contribution is 6.30. The van der Waals surface area contributed by atoms with Crippen LogP contribution in [0.4, 0.5) is 0 Å². The zero-order chi connectivity index (χ0) is 17.0. The number of amides is 1. The van der Waals surface area contributed by atoms with E-state index in [2.05, 4.69) is 5.32 Å². The molecule has 2 saturated heterocycles. The summed E-state index contributed by atoms with van der Waals surface area (Å²) in [5, 5.41) is 3.82. The van der Waals surface area contributed by atoms with Crippen LogP contribution in [0.2, 0.25) is 5.02 Å². The minimum absolute atomic E-state index is 0.0781. The minimum atomic E-state index is -0.815. The van der Waals surface area contributed by atoms with Gasteiger partial charge in [-0.2, -0.15) is 0 Å². The summed E-state index contributed by atoms with van der Waals surface area (Å²) in [5.41, 5.74) is 6.53. The van der Waals surface area contributed by atoms with Crippen LogP contribution in [-0.2, 0) is 19.7 Å². The van der Waals surface area contributed by atoms with E-state index in [9.17, 15) is 4.79 Å². The Morgan fingerprint density at radius 1 is 1.04 bits per heavy atom. The van der Waals surface area contributed by atoms with Crippen LogP contribution in [0.5, 0.6) is 0 Å². The highest BCUT2D eigenvalue weighted by atomic mass is 35.5. The topological polar surface area (TPSA) is 73.6 Å². The predicted octanol–water partition coefficient (Wildman–Crippen LogP) is 2.01. The maximum atomic E-state index is 12.6. The Bertz CT molecular complexity index is 564. The summed E-state index contributed by atoms with van der Waals surface area (Å²) in [6.45, 7) is 3.04. The quantitative estimate of drug-likeness (QED) is 0.869. The molecule has 0 aromatic heterocycles. The maximum absolute atomic E-state index is 12.6. The van der Waals surface area contributed by atoms with Gasteiger partial charge in [0.15, 0.2) is 0 Å². The molecule has 3 rings (SSSR count). The SMILES string of the molecule is NC1(C(=O)NCC2(c3ccc(Cl)cc3)CCOCC2)CCOCC1. The van der Waals surface area contributed by atoms with Crippen molar-refractivity contribution in [3.05, 3.63) is 34.9 Å². The van der Waals surface area contributed by atoms with E-state index < -0.39 is 5.54 Å². The third kappa shape index (κ3) is 3.75. The van der Waals surface area contributed by atoms with Crippen molar-refractivity contribution < 1.29 is 14.3 Å². The molecule has 0 atom stereocenters. The van der Waals surface area contributed by atoms with Crippen molar-refractivity contribution in [1.29, 1.82) is 0 Å². The Morgan fingerprint density at radius 2 is 1.58 bits per heavy atom. The molecular formula is C18H25ClN2O3. The van der Waals surface area contributed by atoms with E-state index in [0.29, 0.717) is 50.8 Å². The molecule has 0 spiro atoms. The van der Waals surface area contributed by atoms with Crippen molar-refractivity contribution in [2.24, 2.45) is 5.73 Å². The van der Waals surface area contributed by atoms with Gasteiger partial charge in [-0.1, -0.05) is 23.7 Å². The van der Waals surface area contributed by atoms with Gasteiger partial charge >= 0.3 is 0 Å². The van der Waals surface area contributed by atoms with Gasteiger partial charge in [0, 0.05) is 43.4 Å². The van der Waals surface area contributed by atoms with Gasteiger partial charge in [-0.3, -0.25) is 4.79 Å². The monoisotopic (exact) mass is 352 g/mol. The summed E-state index contributed by atoms with van der Waals surface area (Å²) in [5.74, 6) is -0.0781. The Kier molecular flexibility index (Phi) is 5.45. The number of benzene rings is 1. The van der Waals surface area contributed by atoms with Crippen molar-refractivity contribution in [3.63, 3.8) is 0 Å². The number of carbonyl (C=O) groups excluding carboxylic acids is 1. The van der Waals surface area contributed by atoms with Crippen LogP contribution in [0, 0.1) is 0 Å². The van der Waals surface area contributed by atoms with E-state index in [1.807, 2.05) is 24.3 Å². The second-order valence-electron chi connectivity index (χ2n) is 6.85. The first-order valence-corrected chi connectivity index (χ1v) is 8.91. The van der Waals surface area contributed by atoms with E-state index >= 15 is 0 Å². The molecule has 0 aliphatic carbocycles. The number of nitrogens with two attached hydrogens (primary N) is 1. The lowest BCUT2D eigenvalue weighted by atomic mass is 9.74. The lowest BCUT2D eigenvalue weighted by molar-refractivity contribution is -0.130. The number of hydrogen-bond acceptors (Lipinski definition) is 4. The summed E-state index contributed by atoms with van der Waals surface area (Å²) in [6, 6.07) is 7.90. The third-order valence-electron chi connectivity index (χ3n) is 5.33. The molecule has 2 heterocycles. The Balaban J connectivity index is 1.73. The molecule has 6 heteroatoms. The van der Waals surface area contributed by atoms with Crippen LogP contribution in [0.15, 0.2) is 24.3 Å². The number of halogens is 1. The fourth-order valence-electron chi connectivity index (χ4n) is 3.52.